The van der Waals surface area contributed by atoms with Crippen LogP contribution in [0.1, 0.15) is 0 Å². The molecule has 0 N–H and O–H groups in total. The number of fused-ring (bicyclic) bond motifs is 6. The van der Waals surface area contributed by atoms with Crippen LogP contribution in [0.25, 0.3) is 160 Å². The number of rotatable bonds is 17. The predicted molar refractivity (Wildman–Crippen MR) is 579 cm³/mol. The second-order valence-corrected chi connectivity index (χ2v) is 37.0. The summed E-state index contributed by atoms with van der Waals surface area (Å²) < 4.78 is 0. The van der Waals surface area contributed by atoms with Crippen molar-refractivity contribution >= 4 is 86.5 Å². The number of benzene rings is 17. The van der Waals surface area contributed by atoms with Crippen LogP contribution in [-0.4, -0.2) is 74.8 Å². The van der Waals surface area contributed by atoms with Crippen LogP contribution in [0.4, 0.5) is 51.2 Å². The molecule has 0 atom stereocenters. The Balaban J connectivity index is 0.000000117. The third-order valence-electron chi connectivity index (χ3n) is 24.5. The number of hydrogen-bond acceptors (Lipinski definition) is 21. The Labute approximate surface area is 844 Å². The van der Waals surface area contributed by atoms with E-state index in [0.717, 1.165) is 118 Å². The summed E-state index contributed by atoms with van der Waals surface area (Å²) in [6.45, 7) is 0. The highest BCUT2D eigenvalue weighted by molar-refractivity contribution is 8.00. The van der Waals surface area contributed by atoms with Gasteiger partial charge in [0.05, 0.1) is 51.2 Å². The molecule has 3 aliphatic rings. The Morgan fingerprint density at radius 3 is 0.542 bits per heavy atom. The molecule has 18 nitrogen and oxygen atoms in total. The topological polar surface area (TPSA) is 203 Å². The van der Waals surface area contributed by atoms with E-state index < -0.39 is 0 Å². The van der Waals surface area contributed by atoms with Crippen LogP contribution in [0.2, 0.25) is 0 Å². The molecule has 0 radical (unpaired) electrons. The first kappa shape index (κ1) is 88.2. The third kappa shape index (κ3) is 18.6. The zero-order chi connectivity index (χ0) is 95.9. The molecule has 0 aliphatic carbocycles. The van der Waals surface area contributed by atoms with Crippen LogP contribution < -0.4 is 14.7 Å². The molecule has 23 aromatic rings. The Kier molecular flexibility index (Phi) is 24.6. The summed E-state index contributed by atoms with van der Waals surface area (Å²) in [5, 5.41) is 0. The number of nitrogens with zero attached hydrogens (tertiary/aromatic N) is 18. The molecular weight excluding hydrogens is 1830 g/mol. The Bertz CT molecular complexity index is 8000. The summed E-state index contributed by atoms with van der Waals surface area (Å²) >= 11 is 5.40. The van der Waals surface area contributed by atoms with E-state index in [1.54, 1.807) is 35.3 Å². The first-order chi connectivity index (χ1) is 71.3. The Hall–Kier alpha value is -18.5. The molecule has 26 rings (SSSR count). The van der Waals surface area contributed by atoms with Crippen molar-refractivity contribution < 1.29 is 0 Å². The van der Waals surface area contributed by atoms with Gasteiger partial charge in [-0.25, -0.2) is 74.8 Å². The molecule has 680 valence electrons. The van der Waals surface area contributed by atoms with Crippen molar-refractivity contribution in [1.29, 1.82) is 0 Å². The van der Waals surface area contributed by atoms with Crippen molar-refractivity contribution in [2.24, 2.45) is 0 Å². The highest BCUT2D eigenvalue weighted by Crippen LogP contribution is 2.55. The van der Waals surface area contributed by atoms with Crippen molar-refractivity contribution in [1.82, 2.24) is 74.8 Å². The van der Waals surface area contributed by atoms with Gasteiger partial charge in [0.15, 0.2) is 58.2 Å². The van der Waals surface area contributed by atoms with E-state index >= 15 is 0 Å². The monoisotopic (exact) mass is 1900 g/mol. The number of aromatic nitrogens is 15. The number of para-hydroxylation sites is 6. The van der Waals surface area contributed by atoms with E-state index in [9.17, 15) is 0 Å². The van der Waals surface area contributed by atoms with Gasteiger partial charge in [0.25, 0.3) is 0 Å². The van der Waals surface area contributed by atoms with Gasteiger partial charge in [0, 0.05) is 108 Å². The maximum atomic E-state index is 5.02. The molecule has 0 bridgehead atoms. The average molecular weight is 1910 g/mol. The van der Waals surface area contributed by atoms with Crippen molar-refractivity contribution in [2.75, 3.05) is 14.7 Å². The molecule has 0 saturated carbocycles. The smallest absolute Gasteiger partial charge is 0.202 e. The minimum absolute atomic E-state index is 0.366. The fraction of sp³-hybridized carbons (Fsp3) is 0. The van der Waals surface area contributed by atoms with Gasteiger partial charge in [0.1, 0.15) is 5.69 Å². The fourth-order valence-corrected chi connectivity index (χ4v) is 20.7. The molecule has 0 amide bonds. The lowest BCUT2D eigenvalue weighted by atomic mass is 10.1. The summed E-state index contributed by atoms with van der Waals surface area (Å²) in [5.74, 6) is 6.57. The van der Waals surface area contributed by atoms with Crippen molar-refractivity contribution in [3.05, 3.63) is 485 Å². The van der Waals surface area contributed by atoms with Crippen LogP contribution >= 0.6 is 35.3 Å². The van der Waals surface area contributed by atoms with Gasteiger partial charge in [-0.15, -0.1) is 0 Å². The zero-order valence-electron chi connectivity index (χ0n) is 77.0. The predicted octanol–water partition coefficient (Wildman–Crippen LogP) is 31.1. The number of pyridine rings is 1. The first-order valence-electron chi connectivity index (χ1n) is 47.0. The Morgan fingerprint density at radius 1 is 0.118 bits per heavy atom. The van der Waals surface area contributed by atoms with Crippen LogP contribution in [0.15, 0.2) is 515 Å². The summed E-state index contributed by atoms with van der Waals surface area (Å²) in [6.07, 6.45) is 0. The van der Waals surface area contributed by atoms with Gasteiger partial charge in [-0.05, 0) is 164 Å². The Morgan fingerprint density at radius 2 is 0.299 bits per heavy atom. The molecule has 0 unspecified atom stereocenters. The molecule has 3 aliphatic heterocycles. The first-order valence-corrected chi connectivity index (χ1v) is 49.4. The number of anilines is 9. The summed E-state index contributed by atoms with van der Waals surface area (Å²) in [7, 11) is 0. The van der Waals surface area contributed by atoms with E-state index in [-0.39, 0.29) is 0 Å². The molecular formula is C123H80N18S3. The quantitative estimate of drug-likeness (QED) is 0.0831. The van der Waals surface area contributed by atoms with Gasteiger partial charge in [0.2, 0.25) is 17.5 Å². The lowest BCUT2D eigenvalue weighted by molar-refractivity contribution is 1.00. The molecule has 17 aromatic carbocycles. The van der Waals surface area contributed by atoms with Gasteiger partial charge >= 0.3 is 0 Å². The highest BCUT2D eigenvalue weighted by atomic mass is 32.2. The molecule has 0 fully saturated rings. The maximum absolute atomic E-state index is 5.02. The minimum atomic E-state index is 0.366. The molecule has 144 heavy (non-hydrogen) atoms. The van der Waals surface area contributed by atoms with Crippen molar-refractivity contribution in [3.63, 3.8) is 0 Å². The minimum Gasteiger partial charge on any atom is -0.308 e. The third-order valence-corrected chi connectivity index (χ3v) is 27.9. The standard InChI is InChI=1S/C43H28N6S.C42H27N7S.C38H25N5S/c1-4-14-29(15-5-1)34-28-35(30-16-6-2-7-17-30)45-42(44-34)43-47-40(31-18-8-3-9-19-31)46-41(48-43)32-24-26-33(27-25-32)49-36-20-10-12-22-38(36)50-39-23-13-11-21-37(39)49;1-4-14-28(15-5-1)37-43-38(29-16-6-2-7-17-29)46-41(45-37)42-47-39(30-18-8-3-9-19-30)44-40(48-42)31-24-26-32(27-25-31)49-33-20-10-12-22-35(33)50-36-23-13-11-21-34(36)49;1-3-12-26(13-4-1)30-16-11-17-31(39-30)38-41-36(27-14-5-2-6-15-27)40-37(42-38)28-22-24-29(25-23-28)43-32-18-7-9-20-34(32)44-35-21-10-8-19-33(35)43/h1-28H;1-27H;1-25H. The molecule has 6 aromatic heterocycles. The maximum Gasteiger partial charge on any atom is 0.202 e. The van der Waals surface area contributed by atoms with Crippen molar-refractivity contribution in [3.8, 4) is 160 Å². The SMILES string of the molecule is c1ccc(-c2cc(-c3ccccc3)nc(-c3nc(-c4ccccc4)nc(-c4ccc(N5c6ccccc6Sc6ccccc65)cc4)n3)n2)cc1.c1ccc(-c2cccc(-c3nc(-c4ccccc4)nc(-c4ccc(N5c6ccccc6Sc6ccccc65)cc4)n3)n2)cc1.c1ccc(-c2nc(-c3ccccc3)nc(-c3nc(-c4ccccc4)nc(-c4ccc(N5c6ccccc6Sc6ccccc65)cc4)n3)n2)cc1. The van der Waals surface area contributed by atoms with Gasteiger partial charge in [-0.1, -0.05) is 357 Å². The largest absolute Gasteiger partial charge is 0.308 e. The molecule has 0 saturated heterocycles. The fourth-order valence-electron chi connectivity index (χ4n) is 17.5. The normalized spacial score (nSPS) is 11.9. The van der Waals surface area contributed by atoms with Gasteiger partial charge in [-0.2, -0.15) is 0 Å². The lowest BCUT2D eigenvalue weighted by Crippen LogP contribution is -2.14. The van der Waals surface area contributed by atoms with Crippen LogP contribution in [-0.2, 0) is 0 Å². The lowest BCUT2D eigenvalue weighted by Gasteiger charge is -2.32. The van der Waals surface area contributed by atoms with Crippen LogP contribution in [0, 0.1) is 0 Å². The van der Waals surface area contributed by atoms with Crippen molar-refractivity contribution in [2.45, 2.75) is 29.4 Å². The summed E-state index contributed by atoms with van der Waals surface area (Å²) in [4.78, 5) is 88.5. The zero-order valence-corrected chi connectivity index (χ0v) is 79.4. The highest BCUT2D eigenvalue weighted by Gasteiger charge is 2.30. The average Bonchev–Trinajstić information content (AvgIpc) is 0.762. The van der Waals surface area contributed by atoms with E-state index in [1.807, 2.05) is 231 Å². The second-order valence-electron chi connectivity index (χ2n) is 33.8. The number of hydrogen-bond donors (Lipinski definition) is 0. The van der Waals surface area contributed by atoms with E-state index in [4.69, 9.17) is 74.8 Å². The molecule has 9 heterocycles. The van der Waals surface area contributed by atoms with Crippen LogP contribution in [0.5, 0.6) is 0 Å². The molecule has 21 heteroatoms. The van der Waals surface area contributed by atoms with Crippen LogP contribution in [0.3, 0.4) is 0 Å². The van der Waals surface area contributed by atoms with Gasteiger partial charge < -0.3 is 14.7 Å². The van der Waals surface area contributed by atoms with E-state index in [1.165, 1.54) is 40.7 Å². The van der Waals surface area contributed by atoms with E-state index in [2.05, 4.69) is 269 Å². The second kappa shape index (κ2) is 40.1. The summed E-state index contributed by atoms with van der Waals surface area (Å²) in [5.41, 5.74) is 23.3. The molecule has 0 spiro atoms. The van der Waals surface area contributed by atoms with Gasteiger partial charge in [-0.3, -0.25) is 0 Å². The van der Waals surface area contributed by atoms with E-state index in [0.29, 0.717) is 81.4 Å². The summed E-state index contributed by atoms with van der Waals surface area (Å²) in [6, 6.07) is 164.